The summed E-state index contributed by atoms with van der Waals surface area (Å²) in [6, 6.07) is 0. The van der Waals surface area contributed by atoms with E-state index in [1.165, 1.54) is 0 Å². The molecule has 1 aromatic heterocycles. The Kier molecular flexibility index (Phi) is 3.48. The van der Waals surface area contributed by atoms with E-state index in [-0.39, 0.29) is 10.7 Å². The van der Waals surface area contributed by atoms with Crippen molar-refractivity contribution in [3.63, 3.8) is 0 Å². The zero-order valence-corrected chi connectivity index (χ0v) is 9.21. The highest BCUT2D eigenvalue weighted by atomic mass is 79.9. The fourth-order valence-corrected chi connectivity index (χ4v) is 1.34. The molecule has 72 valence electrons. The van der Waals surface area contributed by atoms with E-state index in [4.69, 9.17) is 0 Å². The number of halogens is 1. The molecule has 0 saturated carbocycles. The van der Waals surface area contributed by atoms with Crippen molar-refractivity contribution in [1.29, 1.82) is 0 Å². The van der Waals surface area contributed by atoms with Crippen molar-refractivity contribution in [2.45, 2.75) is 18.3 Å². The van der Waals surface area contributed by atoms with Gasteiger partial charge in [-0.15, -0.1) is 0 Å². The second kappa shape index (κ2) is 4.41. The minimum Gasteiger partial charge on any atom is -0.347 e. The molecular formula is C8H12BrN3O. The molecule has 0 aromatic carbocycles. The van der Waals surface area contributed by atoms with Crippen LogP contribution in [0.3, 0.4) is 0 Å². The van der Waals surface area contributed by atoms with E-state index in [1.54, 1.807) is 31.3 Å². The third-order valence-electron chi connectivity index (χ3n) is 1.66. The Morgan fingerprint density at radius 3 is 3.00 bits per heavy atom. The van der Waals surface area contributed by atoms with Gasteiger partial charge in [-0.2, -0.15) is 0 Å². The van der Waals surface area contributed by atoms with Crippen molar-refractivity contribution in [3.8, 4) is 0 Å². The molecule has 0 aliphatic carbocycles. The van der Waals surface area contributed by atoms with E-state index in [0.717, 1.165) is 5.82 Å². The summed E-state index contributed by atoms with van der Waals surface area (Å²) in [5, 5.41) is 0. The van der Waals surface area contributed by atoms with Gasteiger partial charge in [-0.3, -0.25) is 4.79 Å². The number of rotatable bonds is 3. The van der Waals surface area contributed by atoms with Gasteiger partial charge in [0.1, 0.15) is 5.82 Å². The maximum atomic E-state index is 11.4. The molecular weight excluding hydrogens is 234 g/mol. The average Bonchev–Trinajstić information content (AvgIpc) is 2.55. The van der Waals surface area contributed by atoms with E-state index >= 15 is 0 Å². The van der Waals surface area contributed by atoms with Crippen molar-refractivity contribution >= 4 is 21.8 Å². The van der Waals surface area contributed by atoms with Crippen LogP contribution in [0.15, 0.2) is 12.4 Å². The second-order valence-corrected chi connectivity index (χ2v) is 4.22. The van der Waals surface area contributed by atoms with Gasteiger partial charge in [0.2, 0.25) is 5.91 Å². The van der Waals surface area contributed by atoms with Gasteiger partial charge in [0, 0.05) is 19.4 Å². The van der Waals surface area contributed by atoms with E-state index in [2.05, 4.69) is 25.9 Å². The predicted molar refractivity (Wildman–Crippen MR) is 53.5 cm³/mol. The van der Waals surface area contributed by atoms with Crippen LogP contribution in [-0.4, -0.2) is 32.6 Å². The van der Waals surface area contributed by atoms with Gasteiger partial charge in [0.05, 0.1) is 11.4 Å². The number of alkyl halides is 1. The number of imidazole rings is 1. The van der Waals surface area contributed by atoms with Crippen LogP contribution in [-0.2, 0) is 11.3 Å². The van der Waals surface area contributed by atoms with Crippen LogP contribution in [0.5, 0.6) is 0 Å². The Hall–Kier alpha value is -0.840. The van der Waals surface area contributed by atoms with Crippen LogP contribution in [0.1, 0.15) is 12.7 Å². The molecule has 1 unspecified atom stereocenters. The first-order chi connectivity index (χ1) is 6.11. The Morgan fingerprint density at radius 2 is 2.54 bits per heavy atom. The number of amides is 1. The summed E-state index contributed by atoms with van der Waals surface area (Å²) in [6.07, 6.45) is 3.41. The lowest BCUT2D eigenvalue weighted by molar-refractivity contribution is -0.129. The van der Waals surface area contributed by atoms with Crippen LogP contribution in [0.25, 0.3) is 0 Å². The smallest absolute Gasteiger partial charge is 0.236 e. The Labute approximate surface area is 85.5 Å². The first kappa shape index (κ1) is 10.2. The second-order valence-electron chi connectivity index (χ2n) is 2.85. The molecule has 0 saturated heterocycles. The minimum atomic E-state index is -0.146. The first-order valence-electron chi connectivity index (χ1n) is 3.98. The van der Waals surface area contributed by atoms with Gasteiger partial charge in [-0.25, -0.2) is 4.98 Å². The predicted octanol–water partition coefficient (Wildman–Crippen LogP) is 1.15. The number of hydrogen-bond acceptors (Lipinski definition) is 2. The standard InChI is InChI=1S/C8H12BrN3O/c1-6(9)8(13)12(2)5-7-10-3-4-11-7/h3-4,6H,5H2,1-2H3,(H,10,11). The Balaban J connectivity index is 2.51. The van der Waals surface area contributed by atoms with Gasteiger partial charge in [-0.05, 0) is 6.92 Å². The summed E-state index contributed by atoms with van der Waals surface area (Å²) in [5.74, 6) is 0.848. The highest BCUT2D eigenvalue weighted by Crippen LogP contribution is 2.04. The van der Waals surface area contributed by atoms with Gasteiger partial charge in [0.15, 0.2) is 0 Å². The molecule has 4 nitrogen and oxygen atoms in total. The largest absolute Gasteiger partial charge is 0.347 e. The summed E-state index contributed by atoms with van der Waals surface area (Å²) >= 11 is 3.22. The first-order valence-corrected chi connectivity index (χ1v) is 4.90. The number of aromatic amines is 1. The molecule has 0 aliphatic rings. The monoisotopic (exact) mass is 245 g/mol. The molecule has 1 atom stereocenters. The van der Waals surface area contributed by atoms with Gasteiger partial charge in [0.25, 0.3) is 0 Å². The van der Waals surface area contributed by atoms with Gasteiger partial charge in [-0.1, -0.05) is 15.9 Å². The third kappa shape index (κ3) is 2.84. The number of hydrogen-bond donors (Lipinski definition) is 1. The van der Waals surface area contributed by atoms with E-state index in [0.29, 0.717) is 6.54 Å². The van der Waals surface area contributed by atoms with E-state index < -0.39 is 0 Å². The maximum absolute atomic E-state index is 11.4. The average molecular weight is 246 g/mol. The minimum absolute atomic E-state index is 0.0522. The number of nitrogens with zero attached hydrogens (tertiary/aromatic N) is 2. The zero-order chi connectivity index (χ0) is 9.84. The molecule has 13 heavy (non-hydrogen) atoms. The third-order valence-corrected chi connectivity index (χ3v) is 2.05. The number of H-pyrrole nitrogens is 1. The normalized spacial score (nSPS) is 12.5. The van der Waals surface area contributed by atoms with Crippen molar-refractivity contribution in [2.24, 2.45) is 0 Å². The molecule has 0 bridgehead atoms. The summed E-state index contributed by atoms with van der Waals surface area (Å²) in [5.41, 5.74) is 0. The summed E-state index contributed by atoms with van der Waals surface area (Å²) in [4.78, 5) is 19.9. The fourth-order valence-electron chi connectivity index (χ4n) is 0.991. The number of nitrogens with one attached hydrogen (secondary N) is 1. The molecule has 1 aromatic rings. The number of carbonyl (C=O) groups excluding carboxylic acids is 1. The lowest BCUT2D eigenvalue weighted by atomic mass is 10.4. The number of aromatic nitrogens is 2. The van der Waals surface area contributed by atoms with Crippen molar-refractivity contribution in [2.75, 3.05) is 7.05 Å². The van der Waals surface area contributed by atoms with Crippen LogP contribution < -0.4 is 0 Å². The molecule has 1 amide bonds. The fraction of sp³-hybridized carbons (Fsp3) is 0.500. The molecule has 0 spiro atoms. The highest BCUT2D eigenvalue weighted by molar-refractivity contribution is 9.10. The van der Waals surface area contributed by atoms with Crippen molar-refractivity contribution in [3.05, 3.63) is 18.2 Å². The summed E-state index contributed by atoms with van der Waals surface area (Å²) in [6.45, 7) is 2.32. The topological polar surface area (TPSA) is 49.0 Å². The molecule has 0 fully saturated rings. The quantitative estimate of drug-likeness (QED) is 0.813. The molecule has 0 radical (unpaired) electrons. The van der Waals surface area contributed by atoms with Crippen LogP contribution in [0, 0.1) is 0 Å². The Bertz CT molecular complexity index is 271. The summed E-state index contributed by atoms with van der Waals surface area (Å²) < 4.78 is 0. The van der Waals surface area contributed by atoms with Crippen LogP contribution in [0.4, 0.5) is 0 Å². The van der Waals surface area contributed by atoms with Gasteiger partial charge >= 0.3 is 0 Å². The van der Waals surface area contributed by atoms with Crippen LogP contribution >= 0.6 is 15.9 Å². The molecule has 0 aliphatic heterocycles. The highest BCUT2D eigenvalue weighted by Gasteiger charge is 2.14. The lowest BCUT2D eigenvalue weighted by Gasteiger charge is -2.16. The Morgan fingerprint density at radius 1 is 1.85 bits per heavy atom. The molecule has 1 heterocycles. The maximum Gasteiger partial charge on any atom is 0.236 e. The number of carbonyl (C=O) groups is 1. The lowest BCUT2D eigenvalue weighted by Crippen LogP contribution is -2.31. The zero-order valence-electron chi connectivity index (χ0n) is 7.62. The molecule has 1 rings (SSSR count). The van der Waals surface area contributed by atoms with E-state index in [1.807, 2.05) is 0 Å². The summed E-state index contributed by atoms with van der Waals surface area (Å²) in [7, 11) is 1.75. The van der Waals surface area contributed by atoms with Crippen molar-refractivity contribution in [1.82, 2.24) is 14.9 Å². The van der Waals surface area contributed by atoms with Crippen LogP contribution in [0.2, 0.25) is 0 Å². The van der Waals surface area contributed by atoms with Crippen molar-refractivity contribution < 1.29 is 4.79 Å². The SMILES string of the molecule is CC(Br)C(=O)N(C)Cc1ncc[nH]1. The van der Waals surface area contributed by atoms with Gasteiger partial charge < -0.3 is 9.88 Å². The molecule has 1 N–H and O–H groups in total. The van der Waals surface area contributed by atoms with E-state index in [9.17, 15) is 4.79 Å². The molecule has 5 heteroatoms.